The van der Waals surface area contributed by atoms with Gasteiger partial charge in [0.2, 0.25) is 11.8 Å². The van der Waals surface area contributed by atoms with E-state index in [1.807, 2.05) is 12.1 Å². The Balaban J connectivity index is 1.56. The summed E-state index contributed by atoms with van der Waals surface area (Å²) >= 11 is 0. The van der Waals surface area contributed by atoms with Gasteiger partial charge in [-0.25, -0.2) is 0 Å². The Labute approximate surface area is 131 Å². The first-order valence-corrected chi connectivity index (χ1v) is 7.96. The van der Waals surface area contributed by atoms with Gasteiger partial charge < -0.3 is 9.15 Å². The minimum absolute atomic E-state index is 0.372. The third-order valence-corrected chi connectivity index (χ3v) is 4.13. The van der Waals surface area contributed by atoms with Crippen molar-refractivity contribution in [2.45, 2.75) is 38.6 Å². The fourth-order valence-electron chi connectivity index (χ4n) is 2.91. The van der Waals surface area contributed by atoms with Crippen molar-refractivity contribution >= 4 is 0 Å². The topological polar surface area (TPSA) is 51.4 Å². The Morgan fingerprint density at radius 2 is 2.09 bits per heavy atom. The summed E-state index contributed by atoms with van der Waals surface area (Å²) in [6, 6.07) is 8.27. The Morgan fingerprint density at radius 1 is 1.27 bits per heavy atom. The van der Waals surface area contributed by atoms with Crippen LogP contribution in [0.15, 0.2) is 28.7 Å². The van der Waals surface area contributed by atoms with Crippen molar-refractivity contribution in [3.05, 3.63) is 41.6 Å². The second-order valence-electron chi connectivity index (χ2n) is 5.85. The molecule has 1 unspecified atom stereocenters. The van der Waals surface area contributed by atoms with E-state index in [2.05, 4.69) is 34.2 Å². The molecule has 0 amide bonds. The van der Waals surface area contributed by atoms with Crippen LogP contribution < -0.4 is 4.74 Å². The number of ether oxygens (including phenoxy) is 1. The predicted octanol–water partition coefficient (Wildman–Crippen LogP) is 3.02. The van der Waals surface area contributed by atoms with E-state index in [1.54, 1.807) is 7.11 Å². The Bertz CT molecular complexity index is 594. The molecular formula is C17H23N3O2. The van der Waals surface area contributed by atoms with Gasteiger partial charge in [0.25, 0.3) is 0 Å². The van der Waals surface area contributed by atoms with Crippen LogP contribution in [0.2, 0.25) is 0 Å². The number of benzene rings is 1. The lowest BCUT2D eigenvalue weighted by Gasteiger charge is -2.15. The molecule has 0 aliphatic carbocycles. The molecule has 1 aliphatic rings. The number of nitrogens with zero attached hydrogens (tertiary/aromatic N) is 3. The number of hydrogen-bond donors (Lipinski definition) is 0. The largest absolute Gasteiger partial charge is 0.497 e. The Kier molecular flexibility index (Phi) is 4.73. The molecular weight excluding hydrogens is 278 g/mol. The van der Waals surface area contributed by atoms with Gasteiger partial charge >= 0.3 is 0 Å². The molecule has 5 nitrogen and oxygen atoms in total. The maximum atomic E-state index is 5.77. The molecule has 0 N–H and O–H groups in total. The molecule has 118 valence electrons. The molecule has 1 aromatic heterocycles. The van der Waals surface area contributed by atoms with Crippen molar-refractivity contribution in [3.63, 3.8) is 0 Å². The van der Waals surface area contributed by atoms with E-state index in [1.165, 1.54) is 5.56 Å². The molecule has 5 heteroatoms. The summed E-state index contributed by atoms with van der Waals surface area (Å²) in [6.45, 7) is 5.13. The van der Waals surface area contributed by atoms with Crippen LogP contribution in [0.25, 0.3) is 0 Å². The summed E-state index contributed by atoms with van der Waals surface area (Å²) in [5.41, 5.74) is 1.30. The predicted molar refractivity (Wildman–Crippen MR) is 83.9 cm³/mol. The first-order valence-electron chi connectivity index (χ1n) is 7.96. The van der Waals surface area contributed by atoms with Gasteiger partial charge in [-0.2, -0.15) is 0 Å². The van der Waals surface area contributed by atoms with E-state index in [0.717, 1.165) is 56.4 Å². The van der Waals surface area contributed by atoms with E-state index in [0.29, 0.717) is 5.92 Å². The summed E-state index contributed by atoms with van der Waals surface area (Å²) in [4.78, 5) is 2.44. The highest BCUT2D eigenvalue weighted by atomic mass is 16.5. The van der Waals surface area contributed by atoms with E-state index < -0.39 is 0 Å². The first kappa shape index (κ1) is 15.0. The van der Waals surface area contributed by atoms with Gasteiger partial charge in [-0.15, -0.1) is 10.2 Å². The molecule has 0 radical (unpaired) electrons. The summed E-state index contributed by atoms with van der Waals surface area (Å²) in [5.74, 6) is 2.85. The molecule has 1 saturated heterocycles. The lowest BCUT2D eigenvalue weighted by molar-refractivity contribution is 0.318. The minimum Gasteiger partial charge on any atom is -0.497 e. The van der Waals surface area contributed by atoms with Crippen molar-refractivity contribution in [1.82, 2.24) is 15.1 Å². The van der Waals surface area contributed by atoms with Crippen molar-refractivity contribution in [2.24, 2.45) is 0 Å². The molecule has 2 heterocycles. The van der Waals surface area contributed by atoms with Crippen LogP contribution in [0.5, 0.6) is 5.75 Å². The zero-order chi connectivity index (χ0) is 15.4. The van der Waals surface area contributed by atoms with Gasteiger partial charge in [-0.05, 0) is 37.1 Å². The fourth-order valence-corrected chi connectivity index (χ4v) is 2.91. The van der Waals surface area contributed by atoms with Gasteiger partial charge in [-0.3, -0.25) is 4.90 Å². The third kappa shape index (κ3) is 3.47. The van der Waals surface area contributed by atoms with Gasteiger partial charge in [0.05, 0.1) is 13.0 Å². The van der Waals surface area contributed by atoms with Gasteiger partial charge in [0.1, 0.15) is 5.75 Å². The second-order valence-corrected chi connectivity index (χ2v) is 5.85. The molecule has 1 aromatic carbocycles. The zero-order valence-corrected chi connectivity index (χ0v) is 13.3. The van der Waals surface area contributed by atoms with Crippen LogP contribution in [0, 0.1) is 0 Å². The smallest absolute Gasteiger partial charge is 0.220 e. The summed E-state index contributed by atoms with van der Waals surface area (Å²) in [5, 5.41) is 8.35. The number of likely N-dealkylation sites (tertiary alicyclic amines) is 1. The molecule has 3 rings (SSSR count). The monoisotopic (exact) mass is 301 g/mol. The van der Waals surface area contributed by atoms with E-state index in [9.17, 15) is 0 Å². The molecule has 0 bridgehead atoms. The molecule has 0 saturated carbocycles. The van der Waals surface area contributed by atoms with Crippen molar-refractivity contribution in [2.75, 3.05) is 20.2 Å². The molecule has 22 heavy (non-hydrogen) atoms. The molecule has 1 fully saturated rings. The zero-order valence-electron chi connectivity index (χ0n) is 13.3. The highest BCUT2D eigenvalue weighted by molar-refractivity contribution is 5.27. The number of rotatable bonds is 6. The fraction of sp³-hybridized carbons (Fsp3) is 0.529. The number of aromatic nitrogens is 2. The number of methoxy groups -OCH3 is 1. The normalized spacial score (nSPS) is 18.7. The van der Waals surface area contributed by atoms with Gasteiger partial charge in [-0.1, -0.05) is 19.1 Å². The maximum absolute atomic E-state index is 5.77. The second kappa shape index (κ2) is 6.92. The molecule has 1 atom stereocenters. The van der Waals surface area contributed by atoms with Crippen LogP contribution in [-0.2, 0) is 13.0 Å². The maximum Gasteiger partial charge on any atom is 0.220 e. The Morgan fingerprint density at radius 3 is 2.82 bits per heavy atom. The SMILES string of the molecule is CCCc1nnc(C2CCN(Cc3ccc(OC)cc3)C2)o1. The average Bonchev–Trinajstić information content (AvgIpc) is 3.18. The van der Waals surface area contributed by atoms with Crippen LogP contribution in [-0.4, -0.2) is 35.3 Å². The molecule has 2 aromatic rings. The number of hydrogen-bond acceptors (Lipinski definition) is 5. The van der Waals surface area contributed by atoms with Crippen molar-refractivity contribution in [3.8, 4) is 5.75 Å². The highest BCUT2D eigenvalue weighted by Gasteiger charge is 2.28. The van der Waals surface area contributed by atoms with E-state index >= 15 is 0 Å². The Hall–Kier alpha value is -1.88. The van der Waals surface area contributed by atoms with Crippen molar-refractivity contribution < 1.29 is 9.15 Å². The van der Waals surface area contributed by atoms with Crippen LogP contribution >= 0.6 is 0 Å². The molecule has 1 aliphatic heterocycles. The standard InChI is InChI=1S/C17H23N3O2/c1-3-4-16-18-19-17(22-16)14-9-10-20(12-14)11-13-5-7-15(21-2)8-6-13/h5-8,14H,3-4,9-12H2,1-2H3. The molecule has 0 spiro atoms. The van der Waals surface area contributed by atoms with E-state index in [4.69, 9.17) is 9.15 Å². The van der Waals surface area contributed by atoms with Crippen molar-refractivity contribution in [1.29, 1.82) is 0 Å². The minimum atomic E-state index is 0.372. The lowest BCUT2D eigenvalue weighted by Crippen LogP contribution is -2.19. The van der Waals surface area contributed by atoms with Crippen LogP contribution in [0.1, 0.15) is 43.0 Å². The van der Waals surface area contributed by atoms with E-state index in [-0.39, 0.29) is 0 Å². The average molecular weight is 301 g/mol. The summed E-state index contributed by atoms with van der Waals surface area (Å²) < 4.78 is 11.0. The quantitative estimate of drug-likeness (QED) is 0.821. The van der Waals surface area contributed by atoms with Crippen LogP contribution in [0.4, 0.5) is 0 Å². The van der Waals surface area contributed by atoms with Gasteiger partial charge in [0, 0.05) is 19.5 Å². The third-order valence-electron chi connectivity index (χ3n) is 4.13. The summed E-state index contributed by atoms with van der Waals surface area (Å²) in [6.07, 6.45) is 3.00. The van der Waals surface area contributed by atoms with Crippen LogP contribution in [0.3, 0.4) is 0 Å². The highest BCUT2D eigenvalue weighted by Crippen LogP contribution is 2.27. The first-order chi connectivity index (χ1) is 10.8. The van der Waals surface area contributed by atoms with Gasteiger partial charge in [0.15, 0.2) is 0 Å². The lowest BCUT2D eigenvalue weighted by atomic mass is 10.1. The number of aryl methyl sites for hydroxylation is 1. The summed E-state index contributed by atoms with van der Waals surface area (Å²) in [7, 11) is 1.69.